The molecule has 2 rings (SSSR count). The minimum atomic E-state index is 0.884. The second-order valence-electron chi connectivity index (χ2n) is 9.03. The summed E-state index contributed by atoms with van der Waals surface area (Å²) in [7, 11) is 0. The van der Waals surface area contributed by atoms with Gasteiger partial charge in [0, 0.05) is 0 Å². The Bertz CT molecular complexity index is 350. The first kappa shape index (κ1) is 20.8. The zero-order chi connectivity index (χ0) is 17.7. The molecule has 2 aliphatic carbocycles. The smallest absolute Gasteiger partial charge is 0.0233 e. The lowest BCUT2D eigenvalue weighted by atomic mass is 9.78. The minimum absolute atomic E-state index is 0.884. The molecule has 0 N–H and O–H groups in total. The normalized spacial score (nSPS) is 30.6. The molecule has 0 heteroatoms. The van der Waals surface area contributed by atoms with Crippen LogP contribution in [-0.4, -0.2) is 0 Å². The van der Waals surface area contributed by atoms with E-state index in [4.69, 9.17) is 0 Å². The highest BCUT2D eigenvalue weighted by Crippen LogP contribution is 2.35. The van der Waals surface area contributed by atoms with Crippen molar-refractivity contribution in [2.45, 2.75) is 110 Å². The maximum atomic E-state index is 3.86. The van der Waals surface area contributed by atoms with Crippen molar-refractivity contribution in [2.24, 2.45) is 23.7 Å². The maximum Gasteiger partial charge on any atom is -0.0233 e. The third-order valence-corrected chi connectivity index (χ3v) is 7.00. The molecule has 0 aromatic carbocycles. The highest BCUT2D eigenvalue weighted by Gasteiger charge is 2.21. The molecule has 2 aliphatic rings. The second kappa shape index (κ2) is 12.8. The van der Waals surface area contributed by atoms with Gasteiger partial charge in [0.1, 0.15) is 0 Å². The van der Waals surface area contributed by atoms with E-state index in [0.29, 0.717) is 0 Å². The summed E-state index contributed by atoms with van der Waals surface area (Å²) in [4.78, 5) is 0. The van der Waals surface area contributed by atoms with Gasteiger partial charge in [0.2, 0.25) is 0 Å². The number of unbranched alkanes of at least 4 members (excludes halogenated alkanes) is 2. The fourth-order valence-corrected chi connectivity index (χ4v) is 5.14. The summed E-state index contributed by atoms with van der Waals surface area (Å²) in [5.41, 5.74) is 0. The molecule has 0 aromatic heterocycles. The average molecular weight is 345 g/mol. The standard InChI is InChI=1S/C25H44/c1-3-5-7-11-23-18-20-25(21-19-23)13-9-8-12-24-16-14-22(15-17-24)10-6-4-2/h4,8,12,22-25H,2-3,5-7,9-11,13-21H2,1H3. The van der Waals surface area contributed by atoms with Gasteiger partial charge in [-0.2, -0.15) is 0 Å². The van der Waals surface area contributed by atoms with Crippen LogP contribution in [-0.2, 0) is 0 Å². The van der Waals surface area contributed by atoms with Gasteiger partial charge in [-0.1, -0.05) is 76.5 Å². The van der Waals surface area contributed by atoms with Crippen LogP contribution in [0.25, 0.3) is 0 Å². The summed E-state index contributed by atoms with van der Waals surface area (Å²) in [6, 6.07) is 0. The van der Waals surface area contributed by atoms with Crippen LogP contribution in [0.1, 0.15) is 110 Å². The van der Waals surface area contributed by atoms with Gasteiger partial charge >= 0.3 is 0 Å². The fourth-order valence-electron chi connectivity index (χ4n) is 5.14. The Balaban J connectivity index is 1.50. The molecule has 25 heavy (non-hydrogen) atoms. The van der Waals surface area contributed by atoms with Crippen molar-refractivity contribution in [3.8, 4) is 0 Å². The molecule has 0 saturated heterocycles. The number of allylic oxidation sites excluding steroid dienone is 3. The molecule has 0 nitrogen and oxygen atoms in total. The lowest BCUT2D eigenvalue weighted by molar-refractivity contribution is 0.249. The van der Waals surface area contributed by atoms with Crippen molar-refractivity contribution < 1.29 is 0 Å². The van der Waals surface area contributed by atoms with Crippen LogP contribution in [0.4, 0.5) is 0 Å². The molecule has 0 heterocycles. The van der Waals surface area contributed by atoms with E-state index >= 15 is 0 Å². The van der Waals surface area contributed by atoms with Crippen molar-refractivity contribution in [2.75, 3.05) is 0 Å². The van der Waals surface area contributed by atoms with E-state index in [1.54, 1.807) is 0 Å². The van der Waals surface area contributed by atoms with Crippen LogP contribution in [0, 0.1) is 23.7 Å². The Kier molecular flexibility index (Phi) is 10.6. The molecule has 144 valence electrons. The summed E-state index contributed by atoms with van der Waals surface area (Å²) in [5.74, 6) is 3.96. The number of hydrogen-bond donors (Lipinski definition) is 0. The lowest BCUT2D eigenvalue weighted by Gasteiger charge is -2.28. The quantitative estimate of drug-likeness (QED) is 0.260. The molecule has 0 aromatic rings. The van der Waals surface area contributed by atoms with E-state index in [9.17, 15) is 0 Å². The van der Waals surface area contributed by atoms with Gasteiger partial charge in [0.05, 0.1) is 0 Å². The topological polar surface area (TPSA) is 0 Å². The summed E-state index contributed by atoms with van der Waals surface area (Å²) < 4.78 is 0. The Hall–Kier alpha value is -0.520. The molecule has 0 unspecified atom stereocenters. The Morgan fingerprint density at radius 1 is 0.720 bits per heavy atom. The van der Waals surface area contributed by atoms with Gasteiger partial charge < -0.3 is 0 Å². The van der Waals surface area contributed by atoms with Crippen LogP contribution < -0.4 is 0 Å². The van der Waals surface area contributed by atoms with Crippen LogP contribution in [0.3, 0.4) is 0 Å². The van der Waals surface area contributed by atoms with Gasteiger partial charge in [0.15, 0.2) is 0 Å². The van der Waals surface area contributed by atoms with Crippen LogP contribution in [0.5, 0.6) is 0 Å². The van der Waals surface area contributed by atoms with E-state index in [-0.39, 0.29) is 0 Å². The Labute approximate surface area is 158 Å². The monoisotopic (exact) mass is 344 g/mol. The maximum absolute atomic E-state index is 3.86. The second-order valence-corrected chi connectivity index (χ2v) is 9.03. The highest BCUT2D eigenvalue weighted by molar-refractivity contribution is 4.92. The summed E-state index contributed by atoms with van der Waals surface area (Å²) >= 11 is 0. The molecule has 0 amide bonds. The van der Waals surface area contributed by atoms with Crippen LogP contribution >= 0.6 is 0 Å². The molecule has 0 aliphatic heterocycles. The third-order valence-electron chi connectivity index (χ3n) is 7.00. The minimum Gasteiger partial charge on any atom is -0.103 e. The Morgan fingerprint density at radius 3 is 1.88 bits per heavy atom. The van der Waals surface area contributed by atoms with Crippen LogP contribution in [0.2, 0.25) is 0 Å². The molecular formula is C25H44. The molecule has 0 atom stereocenters. The summed E-state index contributed by atoms with van der Waals surface area (Å²) in [6.07, 6.45) is 30.2. The number of rotatable bonds is 11. The molecule has 0 radical (unpaired) electrons. The Morgan fingerprint density at radius 2 is 1.28 bits per heavy atom. The van der Waals surface area contributed by atoms with Crippen molar-refractivity contribution in [3.05, 3.63) is 24.8 Å². The summed E-state index contributed by atoms with van der Waals surface area (Å²) in [6.45, 7) is 6.18. The van der Waals surface area contributed by atoms with E-state index in [1.807, 2.05) is 0 Å². The first-order valence-electron chi connectivity index (χ1n) is 11.6. The first-order chi connectivity index (χ1) is 12.3. The van der Waals surface area contributed by atoms with E-state index in [0.717, 1.165) is 23.7 Å². The molecule has 0 spiro atoms. The molecule has 2 fully saturated rings. The zero-order valence-corrected chi connectivity index (χ0v) is 17.1. The van der Waals surface area contributed by atoms with E-state index in [2.05, 4.69) is 31.7 Å². The van der Waals surface area contributed by atoms with E-state index < -0.39 is 0 Å². The van der Waals surface area contributed by atoms with Crippen molar-refractivity contribution >= 4 is 0 Å². The lowest BCUT2D eigenvalue weighted by Crippen LogP contribution is -2.14. The largest absolute Gasteiger partial charge is 0.103 e. The average Bonchev–Trinajstić information content (AvgIpc) is 2.66. The number of hydrogen-bond acceptors (Lipinski definition) is 0. The first-order valence-corrected chi connectivity index (χ1v) is 11.6. The SMILES string of the molecule is C=CCCC1CCC(C=CCCC2CCC(CCCCC)CC2)CC1. The fraction of sp³-hybridized carbons (Fsp3) is 0.840. The molecule has 2 saturated carbocycles. The van der Waals surface area contributed by atoms with Crippen molar-refractivity contribution in [1.82, 2.24) is 0 Å². The van der Waals surface area contributed by atoms with Gasteiger partial charge in [-0.05, 0) is 75.0 Å². The van der Waals surface area contributed by atoms with E-state index in [1.165, 1.54) is 103 Å². The highest BCUT2D eigenvalue weighted by atomic mass is 14.3. The van der Waals surface area contributed by atoms with Gasteiger partial charge in [-0.3, -0.25) is 0 Å². The predicted molar refractivity (Wildman–Crippen MR) is 113 cm³/mol. The zero-order valence-electron chi connectivity index (χ0n) is 17.1. The van der Waals surface area contributed by atoms with Crippen LogP contribution in [0.15, 0.2) is 24.8 Å². The molecule has 0 bridgehead atoms. The predicted octanol–water partition coefficient (Wildman–Crippen LogP) is 8.48. The molecular weight excluding hydrogens is 300 g/mol. The van der Waals surface area contributed by atoms with Crippen molar-refractivity contribution in [1.29, 1.82) is 0 Å². The summed E-state index contributed by atoms with van der Waals surface area (Å²) in [5, 5.41) is 0. The van der Waals surface area contributed by atoms with Gasteiger partial charge in [-0.15, -0.1) is 6.58 Å². The third kappa shape index (κ3) is 8.61. The van der Waals surface area contributed by atoms with Crippen molar-refractivity contribution in [3.63, 3.8) is 0 Å². The van der Waals surface area contributed by atoms with Gasteiger partial charge in [-0.25, -0.2) is 0 Å². The van der Waals surface area contributed by atoms with Gasteiger partial charge in [0.25, 0.3) is 0 Å².